The fourth-order valence-electron chi connectivity index (χ4n) is 1.41. The van der Waals surface area contributed by atoms with E-state index in [1.165, 1.54) is 11.1 Å². The maximum atomic E-state index is 11.6. The molecule has 0 bridgehead atoms. The minimum absolute atomic E-state index is 0.256. The van der Waals surface area contributed by atoms with Crippen molar-refractivity contribution in [2.24, 2.45) is 5.10 Å². The molecule has 1 amide bonds. The van der Waals surface area contributed by atoms with Gasteiger partial charge in [0, 0.05) is 4.88 Å². The predicted molar refractivity (Wildman–Crippen MR) is 72.1 cm³/mol. The van der Waals surface area contributed by atoms with Crippen molar-refractivity contribution in [2.45, 2.75) is 20.3 Å². The van der Waals surface area contributed by atoms with Crippen molar-refractivity contribution in [3.05, 3.63) is 46.0 Å². The smallest absolute Gasteiger partial charge is 0.307 e. The van der Waals surface area contributed by atoms with E-state index >= 15 is 0 Å². The quantitative estimate of drug-likeness (QED) is 0.680. The third-order valence-corrected chi connectivity index (χ3v) is 3.78. The molecule has 4 nitrogen and oxygen atoms in total. The van der Waals surface area contributed by atoms with Crippen LogP contribution in [-0.2, 0) is 6.42 Å². The lowest BCUT2D eigenvalue weighted by Gasteiger charge is -1.98. The van der Waals surface area contributed by atoms with Gasteiger partial charge in [0.25, 0.3) is 0 Å². The minimum Gasteiger partial charge on any atom is -0.459 e. The molecule has 0 fully saturated rings. The summed E-state index contributed by atoms with van der Waals surface area (Å²) >= 11 is 1.68. The van der Waals surface area contributed by atoms with Crippen molar-refractivity contribution >= 4 is 23.0 Å². The third-order valence-electron chi connectivity index (χ3n) is 2.44. The molecule has 0 radical (unpaired) electrons. The molecule has 0 saturated carbocycles. The summed E-state index contributed by atoms with van der Waals surface area (Å²) in [5.41, 5.74) is 3.26. The first-order chi connectivity index (χ1) is 8.70. The minimum atomic E-state index is -0.341. The maximum Gasteiger partial charge on any atom is 0.307 e. The van der Waals surface area contributed by atoms with E-state index in [1.807, 2.05) is 13.0 Å². The third kappa shape index (κ3) is 2.87. The zero-order valence-electron chi connectivity index (χ0n) is 10.3. The summed E-state index contributed by atoms with van der Waals surface area (Å²) in [6, 6.07) is 7.35. The standard InChI is InChI=1S/C13H14N2O2S/c1-3-10-6-7-12(18-10)9(2)14-15-13(16)11-5-4-8-17-11/h4-8H,3H2,1-2H3,(H,15,16). The molecule has 2 aromatic rings. The molecule has 18 heavy (non-hydrogen) atoms. The Hall–Kier alpha value is -1.88. The number of aryl methyl sites for hydroxylation is 1. The van der Waals surface area contributed by atoms with Gasteiger partial charge in [0.15, 0.2) is 5.76 Å². The van der Waals surface area contributed by atoms with Crippen molar-refractivity contribution in [1.82, 2.24) is 5.43 Å². The van der Waals surface area contributed by atoms with Crippen LogP contribution in [0.5, 0.6) is 0 Å². The Labute approximate surface area is 109 Å². The number of amides is 1. The lowest BCUT2D eigenvalue weighted by atomic mass is 10.3. The zero-order chi connectivity index (χ0) is 13.0. The Morgan fingerprint density at radius 2 is 2.28 bits per heavy atom. The Morgan fingerprint density at radius 3 is 2.89 bits per heavy atom. The highest BCUT2D eigenvalue weighted by Crippen LogP contribution is 2.17. The summed E-state index contributed by atoms with van der Waals surface area (Å²) in [6.45, 7) is 3.98. The van der Waals surface area contributed by atoms with Gasteiger partial charge in [-0.2, -0.15) is 5.10 Å². The highest BCUT2D eigenvalue weighted by Gasteiger charge is 2.07. The van der Waals surface area contributed by atoms with Gasteiger partial charge in [-0.25, -0.2) is 5.43 Å². The van der Waals surface area contributed by atoms with Gasteiger partial charge in [0.2, 0.25) is 0 Å². The summed E-state index contributed by atoms with van der Waals surface area (Å²) in [5.74, 6) is -0.0846. The Morgan fingerprint density at radius 1 is 1.44 bits per heavy atom. The molecule has 2 rings (SSSR count). The largest absolute Gasteiger partial charge is 0.459 e. The number of hydrogen-bond donors (Lipinski definition) is 1. The maximum absolute atomic E-state index is 11.6. The van der Waals surface area contributed by atoms with Crippen LogP contribution in [0.25, 0.3) is 0 Å². The predicted octanol–water partition coefficient (Wildman–Crippen LogP) is 3.06. The molecule has 2 aromatic heterocycles. The van der Waals surface area contributed by atoms with Crippen LogP contribution in [-0.4, -0.2) is 11.6 Å². The van der Waals surface area contributed by atoms with E-state index in [0.29, 0.717) is 0 Å². The molecule has 2 heterocycles. The van der Waals surface area contributed by atoms with Gasteiger partial charge >= 0.3 is 5.91 Å². The monoisotopic (exact) mass is 262 g/mol. The van der Waals surface area contributed by atoms with Gasteiger partial charge in [-0.15, -0.1) is 11.3 Å². The molecule has 0 aliphatic rings. The molecule has 0 saturated heterocycles. The number of thiophene rings is 1. The van der Waals surface area contributed by atoms with Crippen molar-refractivity contribution < 1.29 is 9.21 Å². The highest BCUT2D eigenvalue weighted by atomic mass is 32.1. The lowest BCUT2D eigenvalue weighted by molar-refractivity contribution is 0.0927. The van der Waals surface area contributed by atoms with E-state index in [4.69, 9.17) is 4.42 Å². The summed E-state index contributed by atoms with van der Waals surface area (Å²) in [4.78, 5) is 14.0. The van der Waals surface area contributed by atoms with E-state index in [9.17, 15) is 4.79 Å². The number of hydrogen-bond acceptors (Lipinski definition) is 4. The Kier molecular flexibility index (Phi) is 3.94. The van der Waals surface area contributed by atoms with Crippen LogP contribution in [0.2, 0.25) is 0 Å². The van der Waals surface area contributed by atoms with Gasteiger partial charge in [-0.3, -0.25) is 4.79 Å². The number of furan rings is 1. The second-order valence-electron chi connectivity index (χ2n) is 3.73. The first-order valence-electron chi connectivity index (χ1n) is 5.68. The van der Waals surface area contributed by atoms with Crippen LogP contribution in [0.4, 0.5) is 0 Å². The van der Waals surface area contributed by atoms with Gasteiger partial charge in [-0.05, 0) is 37.6 Å². The van der Waals surface area contributed by atoms with Gasteiger partial charge in [-0.1, -0.05) is 6.92 Å². The van der Waals surface area contributed by atoms with E-state index in [-0.39, 0.29) is 11.7 Å². The van der Waals surface area contributed by atoms with E-state index in [2.05, 4.69) is 23.5 Å². The average Bonchev–Trinajstić information content (AvgIpc) is 3.05. The second kappa shape index (κ2) is 5.64. The molecular formula is C13H14N2O2S. The topological polar surface area (TPSA) is 54.6 Å². The normalized spacial score (nSPS) is 11.6. The van der Waals surface area contributed by atoms with Crippen LogP contribution in [0.1, 0.15) is 34.2 Å². The summed E-state index contributed by atoms with van der Waals surface area (Å²) < 4.78 is 4.98. The number of rotatable bonds is 4. The number of carbonyl (C=O) groups excluding carboxylic acids is 1. The molecule has 94 valence electrons. The summed E-state index contributed by atoms with van der Waals surface area (Å²) in [7, 11) is 0. The van der Waals surface area contributed by atoms with Crippen molar-refractivity contribution in [3.63, 3.8) is 0 Å². The SMILES string of the molecule is CCc1ccc(C(C)=NNC(=O)c2ccco2)s1. The summed E-state index contributed by atoms with van der Waals surface area (Å²) in [5, 5.41) is 4.07. The van der Waals surface area contributed by atoms with Crippen LogP contribution in [0.3, 0.4) is 0 Å². The van der Waals surface area contributed by atoms with Gasteiger partial charge in [0.05, 0.1) is 16.9 Å². The van der Waals surface area contributed by atoms with E-state index < -0.39 is 0 Å². The fraction of sp³-hybridized carbons (Fsp3) is 0.231. The molecule has 1 N–H and O–H groups in total. The molecule has 0 unspecified atom stereocenters. The van der Waals surface area contributed by atoms with Crippen LogP contribution >= 0.6 is 11.3 Å². The Bertz CT molecular complexity index is 555. The van der Waals surface area contributed by atoms with Gasteiger partial charge in [0.1, 0.15) is 0 Å². The first kappa shape index (κ1) is 12.6. The van der Waals surface area contributed by atoms with E-state index in [1.54, 1.807) is 23.5 Å². The average molecular weight is 262 g/mol. The van der Waals surface area contributed by atoms with Crippen LogP contribution < -0.4 is 5.43 Å². The molecule has 5 heteroatoms. The van der Waals surface area contributed by atoms with E-state index in [0.717, 1.165) is 17.0 Å². The van der Waals surface area contributed by atoms with Crippen molar-refractivity contribution in [1.29, 1.82) is 0 Å². The number of nitrogens with one attached hydrogen (secondary N) is 1. The van der Waals surface area contributed by atoms with Crippen LogP contribution in [0, 0.1) is 0 Å². The Balaban J connectivity index is 2.03. The van der Waals surface area contributed by atoms with Gasteiger partial charge < -0.3 is 4.42 Å². The molecule has 0 aliphatic heterocycles. The zero-order valence-corrected chi connectivity index (χ0v) is 11.1. The first-order valence-corrected chi connectivity index (χ1v) is 6.49. The number of carbonyl (C=O) groups is 1. The molecule has 0 aromatic carbocycles. The molecule has 0 spiro atoms. The van der Waals surface area contributed by atoms with Crippen LogP contribution in [0.15, 0.2) is 40.0 Å². The highest BCUT2D eigenvalue weighted by molar-refractivity contribution is 7.14. The molecular weight excluding hydrogens is 248 g/mol. The van der Waals surface area contributed by atoms with Crippen molar-refractivity contribution in [2.75, 3.05) is 0 Å². The molecule has 0 atom stereocenters. The van der Waals surface area contributed by atoms with Crippen molar-refractivity contribution in [3.8, 4) is 0 Å². The molecule has 0 aliphatic carbocycles. The second-order valence-corrected chi connectivity index (χ2v) is 4.90. The fourth-order valence-corrected chi connectivity index (χ4v) is 2.31. The lowest BCUT2D eigenvalue weighted by Crippen LogP contribution is -2.18. The number of nitrogens with zero attached hydrogens (tertiary/aromatic N) is 1. The number of hydrazone groups is 1. The summed E-state index contributed by atoms with van der Waals surface area (Å²) in [6.07, 6.45) is 2.47.